The minimum atomic E-state index is -0.245. The van der Waals surface area contributed by atoms with Crippen LogP contribution >= 0.6 is 0 Å². The van der Waals surface area contributed by atoms with Gasteiger partial charge in [-0.25, -0.2) is 9.97 Å². The Labute approximate surface area is 280 Å². The molecule has 48 heavy (non-hydrogen) atoms. The van der Waals surface area contributed by atoms with Crippen LogP contribution in [0, 0.1) is 11.8 Å². The van der Waals surface area contributed by atoms with Crippen LogP contribution in [0.25, 0.3) is 55.8 Å². The van der Waals surface area contributed by atoms with Crippen molar-refractivity contribution in [3.63, 3.8) is 0 Å². The molecule has 228 valence electrons. The maximum Gasteiger partial charge on any atom is 0.160 e. The summed E-state index contributed by atoms with van der Waals surface area (Å²) in [4.78, 5) is 10.1. The topological polar surface area (TPSA) is 35.0 Å². The summed E-state index contributed by atoms with van der Waals surface area (Å²) in [5, 5.41) is 1.06. The fourth-order valence-corrected chi connectivity index (χ4v) is 8.83. The number of nitrogens with zero attached hydrogens (tertiary/aromatic N) is 2. The first-order valence-corrected chi connectivity index (χ1v) is 16.8. The van der Waals surface area contributed by atoms with Crippen LogP contribution < -0.4 is 0 Å². The van der Waals surface area contributed by atoms with Crippen LogP contribution in [-0.2, 0) is 10.2 Å². The molecule has 1 saturated heterocycles. The molecule has 0 amide bonds. The molecule has 10 rings (SSSR count). The molecule has 2 heterocycles. The van der Waals surface area contributed by atoms with Gasteiger partial charge in [0.1, 0.15) is 0 Å². The predicted molar refractivity (Wildman–Crippen MR) is 194 cm³/mol. The molecule has 3 nitrogen and oxygen atoms in total. The normalized spacial score (nSPS) is 24.3. The molecule has 3 heteroatoms. The molecular weight excluding hydrogens is 585 g/mol. The summed E-state index contributed by atoms with van der Waals surface area (Å²) in [6, 6.07) is 43.5. The number of hydrogen-bond donors (Lipinski definition) is 0. The van der Waals surface area contributed by atoms with Crippen LogP contribution in [0.1, 0.15) is 11.1 Å². The van der Waals surface area contributed by atoms with Crippen LogP contribution in [0.4, 0.5) is 0 Å². The highest BCUT2D eigenvalue weighted by atomic mass is 16.5. The van der Waals surface area contributed by atoms with Crippen molar-refractivity contribution in [3.8, 4) is 44.9 Å². The highest BCUT2D eigenvalue weighted by Gasteiger charge is 2.59. The van der Waals surface area contributed by atoms with Gasteiger partial charge in [0.2, 0.25) is 0 Å². The zero-order valence-electron chi connectivity index (χ0n) is 26.3. The molecule has 1 fully saturated rings. The molecule has 1 aromatic heterocycles. The average molecular weight is 617 g/mol. The van der Waals surface area contributed by atoms with E-state index in [9.17, 15) is 0 Å². The monoisotopic (exact) mass is 616 g/mol. The van der Waals surface area contributed by atoms with Crippen molar-refractivity contribution in [1.82, 2.24) is 9.97 Å². The van der Waals surface area contributed by atoms with Crippen molar-refractivity contribution in [2.75, 3.05) is 0 Å². The number of benzene rings is 5. The van der Waals surface area contributed by atoms with E-state index in [1.807, 2.05) is 12.1 Å². The molecule has 4 unspecified atom stereocenters. The molecule has 0 bridgehead atoms. The summed E-state index contributed by atoms with van der Waals surface area (Å²) in [5.41, 5.74) is 11.6. The lowest BCUT2D eigenvalue weighted by Crippen LogP contribution is -2.56. The Hall–Kier alpha value is -5.64. The standard InChI is InChI=1S/C45H32N2O/c1-2-13-30(14-3-1)43-34-16-5-9-22-39(34)46-44(47-43)31-27-25-29(26-28-31)32-17-12-21-38-42(32)33-15-4-6-18-35(33)45(38)36-19-7-10-23-40(36)48-41-24-11-8-20-37(41)45/h1-28,36-37,40-41H. The number of fused-ring (bicyclic) bond motifs is 10. The maximum atomic E-state index is 6.76. The molecule has 1 spiro atoms. The Morgan fingerprint density at radius 2 is 1.10 bits per heavy atom. The summed E-state index contributed by atoms with van der Waals surface area (Å²) >= 11 is 0. The fourth-order valence-electron chi connectivity index (χ4n) is 8.83. The number of ether oxygens (including phenoxy) is 1. The number of para-hydroxylation sites is 1. The Morgan fingerprint density at radius 3 is 1.90 bits per heavy atom. The first-order valence-electron chi connectivity index (χ1n) is 16.8. The zero-order chi connectivity index (χ0) is 31.7. The van der Waals surface area contributed by atoms with Gasteiger partial charge in [-0.2, -0.15) is 0 Å². The van der Waals surface area contributed by atoms with Gasteiger partial charge < -0.3 is 4.74 Å². The molecule has 6 aromatic rings. The highest BCUT2D eigenvalue weighted by Crippen LogP contribution is 2.63. The highest BCUT2D eigenvalue weighted by molar-refractivity contribution is 5.95. The van der Waals surface area contributed by atoms with Gasteiger partial charge in [-0.3, -0.25) is 0 Å². The Bertz CT molecular complexity index is 2310. The van der Waals surface area contributed by atoms with Crippen molar-refractivity contribution < 1.29 is 4.74 Å². The maximum absolute atomic E-state index is 6.76. The van der Waals surface area contributed by atoms with E-state index in [1.165, 1.54) is 33.4 Å². The van der Waals surface area contributed by atoms with Crippen molar-refractivity contribution in [1.29, 1.82) is 0 Å². The lowest BCUT2D eigenvalue weighted by molar-refractivity contribution is -0.0808. The lowest BCUT2D eigenvalue weighted by Gasteiger charge is -2.53. The van der Waals surface area contributed by atoms with E-state index in [-0.39, 0.29) is 29.5 Å². The molecule has 1 aliphatic heterocycles. The van der Waals surface area contributed by atoms with Gasteiger partial charge in [0.25, 0.3) is 0 Å². The smallest absolute Gasteiger partial charge is 0.160 e. The van der Waals surface area contributed by atoms with Crippen LogP contribution in [-0.4, -0.2) is 22.2 Å². The lowest BCUT2D eigenvalue weighted by atomic mass is 9.55. The van der Waals surface area contributed by atoms with E-state index in [0.29, 0.717) is 0 Å². The van der Waals surface area contributed by atoms with Crippen molar-refractivity contribution in [2.24, 2.45) is 11.8 Å². The van der Waals surface area contributed by atoms with E-state index < -0.39 is 0 Å². The summed E-state index contributed by atoms with van der Waals surface area (Å²) in [5.74, 6) is 1.10. The summed E-state index contributed by atoms with van der Waals surface area (Å²) in [6.07, 6.45) is 18.0. The van der Waals surface area contributed by atoms with Gasteiger partial charge in [0, 0.05) is 33.8 Å². The number of aromatic nitrogens is 2. The van der Waals surface area contributed by atoms with E-state index in [2.05, 4.69) is 158 Å². The molecule has 5 aromatic carbocycles. The van der Waals surface area contributed by atoms with E-state index in [1.54, 1.807) is 0 Å². The second kappa shape index (κ2) is 10.7. The molecule has 0 saturated carbocycles. The van der Waals surface area contributed by atoms with E-state index in [4.69, 9.17) is 14.7 Å². The first kappa shape index (κ1) is 27.5. The summed E-state index contributed by atoms with van der Waals surface area (Å²) in [7, 11) is 0. The minimum Gasteiger partial charge on any atom is -0.366 e. The van der Waals surface area contributed by atoms with Gasteiger partial charge in [-0.1, -0.05) is 164 Å². The third-order valence-electron chi connectivity index (χ3n) is 10.8. The average Bonchev–Trinajstić information content (AvgIpc) is 3.46. The largest absolute Gasteiger partial charge is 0.366 e. The van der Waals surface area contributed by atoms with Gasteiger partial charge in [-0.05, 0) is 39.4 Å². The van der Waals surface area contributed by atoms with Crippen LogP contribution in [0.2, 0.25) is 0 Å². The van der Waals surface area contributed by atoms with Gasteiger partial charge in [0.15, 0.2) is 5.82 Å². The predicted octanol–water partition coefficient (Wildman–Crippen LogP) is 10.1. The van der Waals surface area contributed by atoms with E-state index in [0.717, 1.165) is 33.5 Å². The molecule has 0 N–H and O–H groups in total. The Balaban J connectivity index is 1.13. The molecular formula is C45H32N2O. The van der Waals surface area contributed by atoms with Crippen molar-refractivity contribution in [2.45, 2.75) is 17.6 Å². The first-order chi connectivity index (χ1) is 23.8. The Morgan fingerprint density at radius 1 is 0.479 bits per heavy atom. The van der Waals surface area contributed by atoms with Crippen molar-refractivity contribution >= 4 is 10.9 Å². The van der Waals surface area contributed by atoms with Gasteiger partial charge in [-0.15, -0.1) is 0 Å². The zero-order valence-corrected chi connectivity index (χ0v) is 26.3. The third-order valence-corrected chi connectivity index (χ3v) is 10.8. The van der Waals surface area contributed by atoms with Crippen LogP contribution in [0.3, 0.4) is 0 Å². The quantitative estimate of drug-likeness (QED) is 0.198. The Kier molecular flexibility index (Phi) is 6.12. The SMILES string of the molecule is C1=CC2OC3C=CC=CC3C3(c4ccccc4-c4c(-c5ccc(-c6nc(-c7ccccc7)c7ccccc7n6)cc5)cccc43)C2C=C1. The fraction of sp³-hybridized carbons (Fsp3) is 0.111. The van der Waals surface area contributed by atoms with Gasteiger partial charge in [0.05, 0.1) is 23.4 Å². The van der Waals surface area contributed by atoms with E-state index >= 15 is 0 Å². The molecule has 0 radical (unpaired) electrons. The van der Waals surface area contributed by atoms with Crippen LogP contribution in [0.15, 0.2) is 170 Å². The molecule has 4 aliphatic rings. The number of hydrogen-bond acceptors (Lipinski definition) is 3. The molecule has 4 atom stereocenters. The minimum absolute atomic E-state index is 0.0112. The number of allylic oxidation sites excluding steroid dienone is 4. The van der Waals surface area contributed by atoms with Crippen molar-refractivity contribution in [3.05, 3.63) is 181 Å². The second-order valence-corrected chi connectivity index (χ2v) is 13.2. The summed E-state index contributed by atoms with van der Waals surface area (Å²) in [6.45, 7) is 0. The number of rotatable bonds is 3. The van der Waals surface area contributed by atoms with Gasteiger partial charge >= 0.3 is 0 Å². The third kappa shape index (κ3) is 3.92. The summed E-state index contributed by atoms with van der Waals surface area (Å²) < 4.78 is 6.76. The molecule has 3 aliphatic carbocycles. The second-order valence-electron chi connectivity index (χ2n) is 13.2. The van der Waals surface area contributed by atoms with Crippen LogP contribution in [0.5, 0.6) is 0 Å².